The number of hydrogen-bond donors (Lipinski definition) is 0. The van der Waals surface area contributed by atoms with Gasteiger partial charge in [-0.1, -0.05) is 29.8 Å². The maximum atomic E-state index is 11.9. The Bertz CT molecular complexity index is 795. The Morgan fingerprint density at radius 3 is 2.36 bits per heavy atom. The summed E-state index contributed by atoms with van der Waals surface area (Å²) < 4.78 is 10.6. The van der Waals surface area contributed by atoms with Gasteiger partial charge in [-0.15, -0.1) is 0 Å². The summed E-state index contributed by atoms with van der Waals surface area (Å²) in [6.07, 6.45) is 0. The fourth-order valence-corrected chi connectivity index (χ4v) is 2.18. The highest BCUT2D eigenvalue weighted by Gasteiger charge is 2.22. The molecule has 0 atom stereocenters. The second-order valence-corrected chi connectivity index (χ2v) is 5.00. The van der Waals surface area contributed by atoms with Crippen LogP contribution in [0.4, 0.5) is 0 Å². The Morgan fingerprint density at radius 1 is 1.05 bits per heavy atom. The number of nitrogens with zero attached hydrogens (tertiary/aromatic N) is 1. The van der Waals surface area contributed by atoms with Crippen LogP contribution < -0.4 is 0 Å². The van der Waals surface area contributed by atoms with E-state index < -0.39 is 5.97 Å². The predicted octanol–water partition coefficient (Wildman–Crippen LogP) is 4.45. The Balaban J connectivity index is 2.13. The minimum absolute atomic E-state index is 0.142. The molecular weight excluding hydrogens is 302 g/mol. The van der Waals surface area contributed by atoms with Crippen LogP contribution in [0.2, 0.25) is 5.02 Å². The van der Waals surface area contributed by atoms with Gasteiger partial charge in [0.1, 0.15) is 0 Å². The average molecular weight is 314 g/mol. The number of aromatic nitrogens is 1. The van der Waals surface area contributed by atoms with Crippen molar-refractivity contribution in [1.29, 1.82) is 0 Å². The zero-order valence-electron chi connectivity index (χ0n) is 11.7. The van der Waals surface area contributed by atoms with Gasteiger partial charge in [0.25, 0.3) is 0 Å². The van der Waals surface area contributed by atoms with Crippen LogP contribution in [0.15, 0.2) is 59.0 Å². The number of rotatable bonds is 3. The van der Waals surface area contributed by atoms with Crippen LogP contribution in [0.25, 0.3) is 22.8 Å². The maximum absolute atomic E-state index is 11.9. The highest BCUT2D eigenvalue weighted by Crippen LogP contribution is 2.30. The van der Waals surface area contributed by atoms with Crippen molar-refractivity contribution in [2.24, 2.45) is 0 Å². The van der Waals surface area contributed by atoms with Crippen LogP contribution in [0.1, 0.15) is 10.5 Å². The van der Waals surface area contributed by atoms with Gasteiger partial charge in [-0.05, 0) is 36.4 Å². The number of esters is 1. The van der Waals surface area contributed by atoms with Crippen LogP contribution in [-0.4, -0.2) is 18.1 Å². The van der Waals surface area contributed by atoms with Crippen LogP contribution in [0.5, 0.6) is 0 Å². The molecule has 110 valence electrons. The molecule has 1 heterocycles. The number of ether oxygens (including phenoxy) is 1. The van der Waals surface area contributed by atoms with Crippen molar-refractivity contribution in [2.75, 3.05) is 7.11 Å². The molecule has 0 saturated heterocycles. The molecule has 22 heavy (non-hydrogen) atoms. The van der Waals surface area contributed by atoms with E-state index in [9.17, 15) is 4.79 Å². The SMILES string of the molecule is COC(=O)c1nc(-c2ccccc2)oc1-c1ccc(Cl)cc1. The van der Waals surface area contributed by atoms with Gasteiger partial charge in [0, 0.05) is 16.1 Å². The van der Waals surface area contributed by atoms with Gasteiger partial charge >= 0.3 is 5.97 Å². The molecule has 0 aliphatic rings. The lowest BCUT2D eigenvalue weighted by atomic mass is 10.1. The van der Waals surface area contributed by atoms with Gasteiger partial charge < -0.3 is 9.15 Å². The molecule has 0 fully saturated rings. The van der Waals surface area contributed by atoms with E-state index in [4.69, 9.17) is 20.8 Å². The number of halogens is 1. The van der Waals surface area contributed by atoms with E-state index in [1.54, 1.807) is 24.3 Å². The summed E-state index contributed by atoms with van der Waals surface area (Å²) in [6.45, 7) is 0. The monoisotopic (exact) mass is 313 g/mol. The number of oxazole rings is 1. The first-order valence-electron chi connectivity index (χ1n) is 6.59. The Kier molecular flexibility index (Phi) is 3.94. The molecule has 0 N–H and O–H groups in total. The number of methoxy groups -OCH3 is 1. The van der Waals surface area contributed by atoms with Gasteiger partial charge in [0.05, 0.1) is 7.11 Å². The maximum Gasteiger partial charge on any atom is 0.360 e. The Labute approximate surface area is 132 Å². The summed E-state index contributed by atoms with van der Waals surface area (Å²) in [7, 11) is 1.31. The second kappa shape index (κ2) is 6.03. The molecule has 4 nitrogen and oxygen atoms in total. The molecule has 0 bridgehead atoms. The topological polar surface area (TPSA) is 52.3 Å². The lowest BCUT2D eigenvalue weighted by Crippen LogP contribution is -2.03. The number of carbonyl (C=O) groups is 1. The molecule has 0 aliphatic heterocycles. The summed E-state index contributed by atoms with van der Waals surface area (Å²) in [5.74, 6) is 0.184. The van der Waals surface area contributed by atoms with Gasteiger partial charge in [0.2, 0.25) is 5.89 Å². The third-order valence-electron chi connectivity index (χ3n) is 3.13. The van der Waals surface area contributed by atoms with E-state index in [0.717, 1.165) is 5.56 Å². The van der Waals surface area contributed by atoms with Crippen molar-refractivity contribution >= 4 is 17.6 Å². The minimum atomic E-state index is -0.545. The van der Waals surface area contributed by atoms with Crippen molar-refractivity contribution in [1.82, 2.24) is 4.98 Å². The third kappa shape index (κ3) is 2.73. The highest BCUT2D eigenvalue weighted by atomic mass is 35.5. The standard InChI is InChI=1S/C17H12ClNO3/c1-21-17(20)14-15(11-7-9-13(18)10-8-11)22-16(19-14)12-5-3-2-4-6-12/h2-10H,1H3. The Morgan fingerprint density at radius 2 is 1.73 bits per heavy atom. The molecule has 0 amide bonds. The fraction of sp³-hybridized carbons (Fsp3) is 0.0588. The van der Waals surface area contributed by atoms with Crippen molar-refractivity contribution in [2.45, 2.75) is 0 Å². The largest absolute Gasteiger partial charge is 0.464 e. The van der Waals surface area contributed by atoms with Crippen molar-refractivity contribution in [3.8, 4) is 22.8 Å². The highest BCUT2D eigenvalue weighted by molar-refractivity contribution is 6.30. The smallest absolute Gasteiger partial charge is 0.360 e. The second-order valence-electron chi connectivity index (χ2n) is 4.56. The number of hydrogen-bond acceptors (Lipinski definition) is 4. The molecule has 5 heteroatoms. The lowest BCUT2D eigenvalue weighted by Gasteiger charge is -1.99. The van der Waals surface area contributed by atoms with Crippen LogP contribution in [0, 0.1) is 0 Å². The van der Waals surface area contributed by atoms with Crippen molar-refractivity contribution < 1.29 is 13.9 Å². The summed E-state index contributed by atoms with van der Waals surface area (Å²) in [5, 5.41) is 0.603. The minimum Gasteiger partial charge on any atom is -0.464 e. The van der Waals surface area contributed by atoms with Gasteiger partial charge in [0.15, 0.2) is 11.5 Å². The molecular formula is C17H12ClNO3. The molecule has 0 radical (unpaired) electrons. The van der Waals surface area contributed by atoms with E-state index in [0.29, 0.717) is 22.2 Å². The van der Waals surface area contributed by atoms with Crippen molar-refractivity contribution in [3.63, 3.8) is 0 Å². The van der Waals surface area contributed by atoms with E-state index in [1.807, 2.05) is 30.3 Å². The summed E-state index contributed by atoms with van der Waals surface area (Å²) in [6, 6.07) is 16.4. The van der Waals surface area contributed by atoms with Gasteiger partial charge in [-0.2, -0.15) is 0 Å². The molecule has 0 unspecified atom stereocenters. The zero-order chi connectivity index (χ0) is 15.5. The quantitative estimate of drug-likeness (QED) is 0.670. The fourth-order valence-electron chi connectivity index (χ4n) is 2.06. The Hall–Kier alpha value is -2.59. The first-order chi connectivity index (χ1) is 10.7. The lowest BCUT2D eigenvalue weighted by molar-refractivity contribution is 0.0595. The van der Waals surface area contributed by atoms with Crippen LogP contribution >= 0.6 is 11.6 Å². The molecule has 0 aliphatic carbocycles. The van der Waals surface area contributed by atoms with Crippen LogP contribution in [0.3, 0.4) is 0 Å². The number of benzene rings is 2. The van der Waals surface area contributed by atoms with E-state index in [1.165, 1.54) is 7.11 Å². The van der Waals surface area contributed by atoms with E-state index >= 15 is 0 Å². The van der Waals surface area contributed by atoms with Crippen LogP contribution in [-0.2, 0) is 4.74 Å². The van der Waals surface area contributed by atoms with Gasteiger partial charge in [-0.3, -0.25) is 0 Å². The van der Waals surface area contributed by atoms with Crippen molar-refractivity contribution in [3.05, 3.63) is 65.3 Å². The molecule has 0 spiro atoms. The molecule has 3 rings (SSSR count). The summed E-state index contributed by atoms with van der Waals surface area (Å²) in [4.78, 5) is 16.2. The predicted molar refractivity (Wildman–Crippen MR) is 83.7 cm³/mol. The van der Waals surface area contributed by atoms with Gasteiger partial charge in [-0.25, -0.2) is 9.78 Å². The normalized spacial score (nSPS) is 10.5. The average Bonchev–Trinajstić information content (AvgIpc) is 3.01. The first kappa shape index (κ1) is 14.4. The summed E-state index contributed by atoms with van der Waals surface area (Å²) >= 11 is 5.89. The summed E-state index contributed by atoms with van der Waals surface area (Å²) in [5.41, 5.74) is 1.64. The first-order valence-corrected chi connectivity index (χ1v) is 6.97. The third-order valence-corrected chi connectivity index (χ3v) is 3.39. The van der Waals surface area contributed by atoms with E-state index in [-0.39, 0.29) is 5.69 Å². The molecule has 1 aromatic heterocycles. The number of carbonyl (C=O) groups excluding carboxylic acids is 1. The molecule has 2 aromatic carbocycles. The zero-order valence-corrected chi connectivity index (χ0v) is 12.5. The van der Waals surface area contributed by atoms with E-state index in [2.05, 4.69) is 4.98 Å². The molecule has 3 aromatic rings. The molecule has 0 saturated carbocycles.